The standard InChI is InChI=1S/C12H31N3O2Si/c1-4-16-18(3,17-5-2)10-6-9-15-11-12(14)7-8-13/h12,15H,4-11,13-14H2,1-3H3. The van der Waals surface area contributed by atoms with Crippen LogP contribution in [-0.4, -0.2) is 47.5 Å². The van der Waals surface area contributed by atoms with Gasteiger partial charge in [-0.15, -0.1) is 0 Å². The van der Waals surface area contributed by atoms with E-state index in [9.17, 15) is 0 Å². The Hall–Kier alpha value is 0.0169. The van der Waals surface area contributed by atoms with Gasteiger partial charge in [0, 0.05) is 25.8 Å². The molecule has 0 aliphatic carbocycles. The smallest absolute Gasteiger partial charge is 0.334 e. The molecule has 0 radical (unpaired) electrons. The van der Waals surface area contributed by atoms with Gasteiger partial charge in [-0.2, -0.15) is 0 Å². The lowest BCUT2D eigenvalue weighted by Crippen LogP contribution is -2.40. The molecule has 0 heterocycles. The van der Waals surface area contributed by atoms with E-state index >= 15 is 0 Å². The third-order valence-corrected chi connectivity index (χ3v) is 5.89. The van der Waals surface area contributed by atoms with Gasteiger partial charge in [0.1, 0.15) is 0 Å². The highest BCUT2D eigenvalue weighted by Crippen LogP contribution is 2.15. The molecule has 0 amide bonds. The quantitative estimate of drug-likeness (QED) is 0.363. The van der Waals surface area contributed by atoms with E-state index in [2.05, 4.69) is 11.9 Å². The average Bonchev–Trinajstić information content (AvgIpc) is 2.29. The number of hydrogen-bond acceptors (Lipinski definition) is 5. The Morgan fingerprint density at radius 2 is 1.83 bits per heavy atom. The predicted octanol–water partition coefficient (Wildman–Crippen LogP) is 0.787. The third-order valence-electron chi connectivity index (χ3n) is 2.83. The summed E-state index contributed by atoms with van der Waals surface area (Å²) in [6.45, 7) is 10.1. The summed E-state index contributed by atoms with van der Waals surface area (Å²) in [5, 5.41) is 3.36. The van der Waals surface area contributed by atoms with Crippen LogP contribution in [0, 0.1) is 0 Å². The molecule has 1 atom stereocenters. The van der Waals surface area contributed by atoms with Crippen LogP contribution >= 0.6 is 0 Å². The van der Waals surface area contributed by atoms with Gasteiger partial charge in [0.2, 0.25) is 0 Å². The van der Waals surface area contributed by atoms with Gasteiger partial charge in [0.05, 0.1) is 0 Å². The molecule has 0 aromatic heterocycles. The zero-order valence-corrected chi connectivity index (χ0v) is 13.2. The lowest BCUT2D eigenvalue weighted by molar-refractivity contribution is 0.188. The first-order valence-corrected chi connectivity index (χ1v) is 9.54. The first kappa shape index (κ1) is 18.0. The van der Waals surface area contributed by atoms with Crippen molar-refractivity contribution >= 4 is 8.56 Å². The van der Waals surface area contributed by atoms with Crippen molar-refractivity contribution in [2.45, 2.75) is 45.3 Å². The minimum atomic E-state index is -1.93. The molecule has 6 heteroatoms. The molecule has 0 aliphatic rings. The summed E-state index contributed by atoms with van der Waals surface area (Å²) in [5.41, 5.74) is 11.3. The van der Waals surface area contributed by atoms with Gasteiger partial charge in [-0.25, -0.2) is 0 Å². The van der Waals surface area contributed by atoms with Crippen molar-refractivity contribution in [2.75, 3.05) is 32.8 Å². The second-order valence-electron chi connectivity index (χ2n) is 4.64. The Bertz CT molecular complexity index is 190. The molecule has 0 saturated carbocycles. The summed E-state index contributed by atoms with van der Waals surface area (Å²) in [6.07, 6.45) is 1.94. The number of rotatable bonds is 12. The van der Waals surface area contributed by atoms with Crippen LogP contribution in [0.2, 0.25) is 12.6 Å². The van der Waals surface area contributed by atoms with Crippen LogP contribution in [0.25, 0.3) is 0 Å². The lowest BCUT2D eigenvalue weighted by atomic mass is 10.2. The fourth-order valence-corrected chi connectivity index (χ4v) is 4.35. The van der Waals surface area contributed by atoms with E-state index < -0.39 is 8.56 Å². The normalized spacial score (nSPS) is 13.8. The van der Waals surface area contributed by atoms with Gasteiger partial charge < -0.3 is 25.6 Å². The van der Waals surface area contributed by atoms with Crippen LogP contribution in [0.3, 0.4) is 0 Å². The fraction of sp³-hybridized carbons (Fsp3) is 1.00. The molecule has 0 aromatic rings. The fourth-order valence-electron chi connectivity index (χ4n) is 1.93. The van der Waals surface area contributed by atoms with Gasteiger partial charge in [-0.1, -0.05) is 0 Å². The second-order valence-corrected chi connectivity index (χ2v) is 7.99. The van der Waals surface area contributed by atoms with E-state index in [4.69, 9.17) is 20.3 Å². The summed E-state index contributed by atoms with van der Waals surface area (Å²) in [6, 6.07) is 1.19. The van der Waals surface area contributed by atoms with E-state index in [1.165, 1.54) is 0 Å². The Balaban J connectivity index is 3.66. The summed E-state index contributed by atoms with van der Waals surface area (Å²) in [4.78, 5) is 0. The summed E-state index contributed by atoms with van der Waals surface area (Å²) >= 11 is 0. The number of nitrogens with one attached hydrogen (secondary N) is 1. The van der Waals surface area contributed by atoms with Crippen molar-refractivity contribution in [3.05, 3.63) is 0 Å². The molecule has 18 heavy (non-hydrogen) atoms. The molecule has 0 aromatic carbocycles. The number of hydrogen-bond donors (Lipinski definition) is 3. The van der Waals surface area contributed by atoms with Crippen molar-refractivity contribution in [1.82, 2.24) is 5.32 Å². The van der Waals surface area contributed by atoms with Crippen LogP contribution in [0.15, 0.2) is 0 Å². The maximum absolute atomic E-state index is 5.86. The van der Waals surface area contributed by atoms with E-state index in [0.717, 1.165) is 45.2 Å². The van der Waals surface area contributed by atoms with Gasteiger partial charge in [-0.3, -0.25) is 0 Å². The molecular formula is C12H31N3O2Si. The van der Waals surface area contributed by atoms with Crippen molar-refractivity contribution in [3.8, 4) is 0 Å². The third kappa shape index (κ3) is 9.01. The Morgan fingerprint density at radius 1 is 1.22 bits per heavy atom. The molecule has 0 bridgehead atoms. The highest BCUT2D eigenvalue weighted by Gasteiger charge is 2.29. The minimum Gasteiger partial charge on any atom is -0.395 e. The zero-order valence-electron chi connectivity index (χ0n) is 12.2. The molecule has 5 N–H and O–H groups in total. The number of nitrogens with two attached hydrogens (primary N) is 2. The van der Waals surface area contributed by atoms with Crippen LogP contribution in [0.4, 0.5) is 0 Å². The van der Waals surface area contributed by atoms with Crippen LogP contribution < -0.4 is 16.8 Å². The Morgan fingerprint density at radius 3 is 2.33 bits per heavy atom. The van der Waals surface area contributed by atoms with Gasteiger partial charge in [-0.05, 0) is 52.4 Å². The molecule has 110 valence electrons. The summed E-state index contributed by atoms with van der Waals surface area (Å²) in [7, 11) is -1.93. The second kappa shape index (κ2) is 10.9. The molecule has 1 unspecified atom stereocenters. The minimum absolute atomic E-state index is 0.164. The highest BCUT2D eigenvalue weighted by molar-refractivity contribution is 6.66. The van der Waals surface area contributed by atoms with Crippen molar-refractivity contribution in [3.63, 3.8) is 0 Å². The predicted molar refractivity (Wildman–Crippen MR) is 78.8 cm³/mol. The first-order chi connectivity index (χ1) is 8.58. The lowest BCUT2D eigenvalue weighted by Gasteiger charge is -2.26. The molecular weight excluding hydrogens is 246 g/mol. The van der Waals surface area contributed by atoms with Crippen molar-refractivity contribution < 1.29 is 8.85 Å². The van der Waals surface area contributed by atoms with Crippen LogP contribution in [0.5, 0.6) is 0 Å². The molecule has 0 saturated heterocycles. The Kier molecular flexibility index (Phi) is 10.9. The first-order valence-electron chi connectivity index (χ1n) is 7.02. The van der Waals surface area contributed by atoms with Gasteiger partial charge in [0.15, 0.2) is 0 Å². The maximum Gasteiger partial charge on any atom is 0.334 e. The monoisotopic (exact) mass is 277 g/mol. The molecule has 0 aliphatic heterocycles. The molecule has 0 rings (SSSR count). The average molecular weight is 277 g/mol. The van der Waals surface area contributed by atoms with E-state index in [0.29, 0.717) is 6.54 Å². The highest BCUT2D eigenvalue weighted by atomic mass is 28.4. The SMILES string of the molecule is CCO[Si](C)(CCCNCC(N)CCN)OCC. The van der Waals surface area contributed by atoms with Gasteiger partial charge in [0.25, 0.3) is 0 Å². The van der Waals surface area contributed by atoms with E-state index in [1.54, 1.807) is 0 Å². The molecule has 0 spiro atoms. The zero-order chi connectivity index (χ0) is 13.9. The summed E-state index contributed by atoms with van der Waals surface area (Å²) in [5.74, 6) is 0. The topological polar surface area (TPSA) is 82.5 Å². The summed E-state index contributed by atoms with van der Waals surface area (Å²) < 4.78 is 11.6. The van der Waals surface area contributed by atoms with Crippen LogP contribution in [0.1, 0.15) is 26.7 Å². The van der Waals surface area contributed by atoms with Gasteiger partial charge >= 0.3 is 8.56 Å². The Labute approximate surface area is 113 Å². The molecule has 5 nitrogen and oxygen atoms in total. The largest absolute Gasteiger partial charge is 0.395 e. The van der Waals surface area contributed by atoms with Crippen molar-refractivity contribution in [1.29, 1.82) is 0 Å². The van der Waals surface area contributed by atoms with Crippen LogP contribution in [-0.2, 0) is 8.85 Å². The van der Waals surface area contributed by atoms with Crippen molar-refractivity contribution in [2.24, 2.45) is 11.5 Å². The maximum atomic E-state index is 5.86. The van der Waals surface area contributed by atoms with E-state index in [1.807, 2.05) is 13.8 Å². The molecule has 0 fully saturated rings. The van der Waals surface area contributed by atoms with E-state index in [-0.39, 0.29) is 6.04 Å².